The SMILES string of the molecule is COC(=O)c1ccc(C(C)N(N)C(=O)OC(C)(C)C)cc1. The summed E-state index contributed by atoms with van der Waals surface area (Å²) in [4.78, 5) is 23.3. The molecule has 1 aromatic rings. The predicted molar refractivity (Wildman–Crippen MR) is 78.5 cm³/mol. The van der Waals surface area contributed by atoms with Gasteiger partial charge in [-0.15, -0.1) is 0 Å². The molecule has 2 N–H and O–H groups in total. The first-order chi connectivity index (χ1) is 9.65. The number of hydrazine groups is 1. The van der Waals surface area contributed by atoms with Gasteiger partial charge in [-0.3, -0.25) is 0 Å². The van der Waals surface area contributed by atoms with Crippen molar-refractivity contribution in [2.24, 2.45) is 5.84 Å². The fraction of sp³-hybridized carbons (Fsp3) is 0.467. The molecule has 0 aromatic heterocycles. The number of amides is 1. The van der Waals surface area contributed by atoms with E-state index in [1.54, 1.807) is 52.0 Å². The average Bonchev–Trinajstić information content (AvgIpc) is 2.43. The maximum Gasteiger partial charge on any atom is 0.425 e. The van der Waals surface area contributed by atoms with Gasteiger partial charge in [-0.05, 0) is 45.4 Å². The number of methoxy groups -OCH3 is 1. The monoisotopic (exact) mass is 294 g/mol. The molecule has 0 radical (unpaired) electrons. The molecule has 0 saturated heterocycles. The summed E-state index contributed by atoms with van der Waals surface area (Å²) in [6, 6.07) is 6.32. The molecule has 0 fully saturated rings. The number of nitrogens with two attached hydrogens (primary N) is 1. The standard InChI is InChI=1S/C15H22N2O4/c1-10(17(16)14(19)21-15(2,3)4)11-6-8-12(9-7-11)13(18)20-5/h6-10H,16H2,1-5H3. The lowest BCUT2D eigenvalue weighted by Crippen LogP contribution is -2.42. The number of rotatable bonds is 3. The van der Waals surface area contributed by atoms with Crippen LogP contribution in [0.2, 0.25) is 0 Å². The van der Waals surface area contributed by atoms with Crippen molar-refractivity contribution < 1.29 is 19.1 Å². The number of nitrogens with zero attached hydrogens (tertiary/aromatic N) is 1. The molecule has 0 bridgehead atoms. The van der Waals surface area contributed by atoms with E-state index in [2.05, 4.69) is 4.74 Å². The molecule has 1 aromatic carbocycles. The van der Waals surface area contributed by atoms with Crippen LogP contribution in [-0.4, -0.2) is 29.8 Å². The Morgan fingerprint density at radius 1 is 1.19 bits per heavy atom. The van der Waals surface area contributed by atoms with Gasteiger partial charge in [0.15, 0.2) is 0 Å². The van der Waals surface area contributed by atoms with Crippen LogP contribution in [0.4, 0.5) is 4.79 Å². The first-order valence-electron chi connectivity index (χ1n) is 6.61. The zero-order chi connectivity index (χ0) is 16.2. The van der Waals surface area contributed by atoms with Gasteiger partial charge in [0.05, 0.1) is 18.7 Å². The molecule has 116 valence electrons. The first-order valence-corrected chi connectivity index (χ1v) is 6.61. The van der Waals surface area contributed by atoms with E-state index in [4.69, 9.17) is 10.6 Å². The highest BCUT2D eigenvalue weighted by Crippen LogP contribution is 2.20. The minimum absolute atomic E-state index is 0.383. The third kappa shape index (κ3) is 4.75. The van der Waals surface area contributed by atoms with Crippen LogP contribution in [-0.2, 0) is 9.47 Å². The molecule has 0 aliphatic heterocycles. The zero-order valence-corrected chi connectivity index (χ0v) is 13.0. The van der Waals surface area contributed by atoms with Gasteiger partial charge in [-0.2, -0.15) is 0 Å². The first kappa shape index (κ1) is 17.0. The van der Waals surface area contributed by atoms with Crippen molar-refractivity contribution >= 4 is 12.1 Å². The highest BCUT2D eigenvalue weighted by Gasteiger charge is 2.24. The van der Waals surface area contributed by atoms with Crippen molar-refractivity contribution in [3.63, 3.8) is 0 Å². The van der Waals surface area contributed by atoms with Crippen LogP contribution >= 0.6 is 0 Å². The second-order valence-corrected chi connectivity index (χ2v) is 5.68. The van der Waals surface area contributed by atoms with Crippen molar-refractivity contribution in [3.05, 3.63) is 35.4 Å². The Morgan fingerprint density at radius 2 is 1.71 bits per heavy atom. The highest BCUT2D eigenvalue weighted by atomic mass is 16.6. The van der Waals surface area contributed by atoms with Gasteiger partial charge in [0, 0.05) is 0 Å². The van der Waals surface area contributed by atoms with Crippen LogP contribution in [0.5, 0.6) is 0 Å². The number of ether oxygens (including phenoxy) is 2. The molecule has 1 unspecified atom stereocenters. The summed E-state index contributed by atoms with van der Waals surface area (Å²) in [6.07, 6.45) is -0.605. The van der Waals surface area contributed by atoms with Crippen LogP contribution in [0.15, 0.2) is 24.3 Å². The average molecular weight is 294 g/mol. The summed E-state index contributed by atoms with van der Waals surface area (Å²) in [5.41, 5.74) is 0.619. The molecule has 21 heavy (non-hydrogen) atoms. The number of hydrogen-bond donors (Lipinski definition) is 1. The summed E-state index contributed by atoms with van der Waals surface area (Å²) < 4.78 is 9.84. The normalized spacial score (nSPS) is 12.5. The Bertz CT molecular complexity index is 505. The van der Waals surface area contributed by atoms with E-state index in [-0.39, 0.29) is 6.04 Å². The minimum Gasteiger partial charge on any atom is -0.465 e. The third-order valence-corrected chi connectivity index (χ3v) is 2.84. The number of benzene rings is 1. The van der Waals surface area contributed by atoms with Crippen molar-refractivity contribution in [2.45, 2.75) is 39.3 Å². The van der Waals surface area contributed by atoms with Crippen LogP contribution in [0.25, 0.3) is 0 Å². The smallest absolute Gasteiger partial charge is 0.425 e. The largest absolute Gasteiger partial charge is 0.465 e. The summed E-state index contributed by atoms with van der Waals surface area (Å²) in [7, 11) is 1.32. The molecule has 0 saturated carbocycles. The molecule has 1 rings (SSSR count). The van der Waals surface area contributed by atoms with Gasteiger partial charge in [0.1, 0.15) is 5.60 Å². The fourth-order valence-electron chi connectivity index (χ4n) is 1.65. The van der Waals surface area contributed by atoms with Crippen LogP contribution < -0.4 is 5.84 Å². The third-order valence-electron chi connectivity index (χ3n) is 2.84. The van der Waals surface area contributed by atoms with E-state index in [0.29, 0.717) is 5.56 Å². The van der Waals surface area contributed by atoms with E-state index in [1.165, 1.54) is 7.11 Å². The minimum atomic E-state index is -0.608. The lowest BCUT2D eigenvalue weighted by molar-refractivity contribution is 0.0170. The van der Waals surface area contributed by atoms with Crippen molar-refractivity contribution in [1.29, 1.82) is 0 Å². The Morgan fingerprint density at radius 3 is 2.14 bits per heavy atom. The fourth-order valence-corrected chi connectivity index (χ4v) is 1.65. The second kappa shape index (κ2) is 6.58. The van der Waals surface area contributed by atoms with Crippen molar-refractivity contribution in [3.8, 4) is 0 Å². The molecule has 6 heteroatoms. The molecule has 1 amide bonds. The Balaban J connectivity index is 2.81. The number of carbonyl (C=O) groups excluding carboxylic acids is 2. The van der Waals surface area contributed by atoms with Gasteiger partial charge in [0.2, 0.25) is 0 Å². The van der Waals surface area contributed by atoms with E-state index < -0.39 is 17.7 Å². The summed E-state index contributed by atoms with van der Waals surface area (Å²) in [5.74, 6) is 5.38. The van der Waals surface area contributed by atoms with E-state index >= 15 is 0 Å². The van der Waals surface area contributed by atoms with Gasteiger partial charge in [-0.25, -0.2) is 20.4 Å². The Hall–Kier alpha value is -2.08. The summed E-state index contributed by atoms with van der Waals surface area (Å²) in [6.45, 7) is 7.09. The molecule has 0 aliphatic rings. The molecule has 0 aliphatic carbocycles. The number of carbonyl (C=O) groups is 2. The predicted octanol–water partition coefficient (Wildman–Crippen LogP) is 2.65. The quantitative estimate of drug-likeness (QED) is 0.401. The second-order valence-electron chi connectivity index (χ2n) is 5.68. The van der Waals surface area contributed by atoms with Crippen molar-refractivity contribution in [2.75, 3.05) is 7.11 Å². The topological polar surface area (TPSA) is 81.9 Å². The number of esters is 1. The maximum atomic E-state index is 11.9. The van der Waals surface area contributed by atoms with Crippen LogP contribution in [0, 0.1) is 0 Å². The lowest BCUT2D eigenvalue weighted by atomic mass is 10.1. The van der Waals surface area contributed by atoms with Crippen LogP contribution in [0.1, 0.15) is 49.7 Å². The molecular weight excluding hydrogens is 272 g/mol. The Kier molecular flexibility index (Phi) is 5.32. The number of hydrogen-bond acceptors (Lipinski definition) is 5. The Labute approximate surface area is 124 Å². The molecule has 1 atom stereocenters. The lowest BCUT2D eigenvalue weighted by Gasteiger charge is -2.28. The van der Waals surface area contributed by atoms with Crippen molar-refractivity contribution in [1.82, 2.24) is 5.01 Å². The maximum absolute atomic E-state index is 11.9. The van der Waals surface area contributed by atoms with Crippen LogP contribution in [0.3, 0.4) is 0 Å². The van der Waals surface area contributed by atoms with E-state index in [0.717, 1.165) is 10.6 Å². The molecule has 0 heterocycles. The molecule has 6 nitrogen and oxygen atoms in total. The van der Waals surface area contributed by atoms with Gasteiger partial charge in [-0.1, -0.05) is 12.1 Å². The van der Waals surface area contributed by atoms with E-state index in [1.807, 2.05) is 0 Å². The highest BCUT2D eigenvalue weighted by molar-refractivity contribution is 5.89. The van der Waals surface area contributed by atoms with E-state index in [9.17, 15) is 9.59 Å². The van der Waals surface area contributed by atoms with Gasteiger partial charge < -0.3 is 9.47 Å². The van der Waals surface area contributed by atoms with Gasteiger partial charge >= 0.3 is 12.1 Å². The zero-order valence-electron chi connectivity index (χ0n) is 13.0. The summed E-state index contributed by atoms with van der Waals surface area (Å²) in [5, 5.41) is 1.03. The molecule has 0 spiro atoms. The molecular formula is C15H22N2O4. The van der Waals surface area contributed by atoms with Gasteiger partial charge in [0.25, 0.3) is 0 Å². The summed E-state index contributed by atoms with van der Waals surface area (Å²) >= 11 is 0.